The van der Waals surface area contributed by atoms with Crippen LogP contribution in [0.3, 0.4) is 0 Å². The van der Waals surface area contributed by atoms with Crippen molar-refractivity contribution in [2.75, 3.05) is 19.6 Å². The minimum Gasteiger partial charge on any atom is -0.321 e. The van der Waals surface area contributed by atoms with Crippen molar-refractivity contribution in [2.24, 2.45) is 14.1 Å². The highest BCUT2D eigenvalue weighted by atomic mass is 35.5. The van der Waals surface area contributed by atoms with Crippen LogP contribution >= 0.6 is 12.4 Å². The zero-order valence-corrected chi connectivity index (χ0v) is 16.0. The Morgan fingerprint density at radius 1 is 1.00 bits per heavy atom. The molecule has 0 unspecified atom stereocenters. The van der Waals surface area contributed by atoms with Gasteiger partial charge in [-0.05, 0) is 32.9 Å². The van der Waals surface area contributed by atoms with E-state index in [2.05, 4.69) is 23.7 Å². The fraction of sp³-hybridized carbons (Fsp3) is 0.688. The number of halogens is 1. The molecule has 0 aromatic carbocycles. The van der Waals surface area contributed by atoms with Crippen LogP contribution in [-0.2, 0) is 20.6 Å². The largest absolute Gasteiger partial charge is 0.332 e. The van der Waals surface area contributed by atoms with Gasteiger partial charge in [-0.2, -0.15) is 0 Å². The molecule has 0 aliphatic carbocycles. The first kappa shape index (κ1) is 20.4. The van der Waals surface area contributed by atoms with Crippen molar-refractivity contribution in [1.82, 2.24) is 23.6 Å². The molecule has 8 heteroatoms. The smallest absolute Gasteiger partial charge is 0.321 e. The number of rotatable bonds is 7. The first-order chi connectivity index (χ1) is 10.9. The van der Waals surface area contributed by atoms with E-state index in [1.165, 1.54) is 11.6 Å². The Labute approximate surface area is 148 Å². The predicted octanol–water partition coefficient (Wildman–Crippen LogP) is 1.29. The third kappa shape index (κ3) is 3.72. The van der Waals surface area contributed by atoms with Gasteiger partial charge in [-0.1, -0.05) is 13.8 Å². The van der Waals surface area contributed by atoms with Crippen molar-refractivity contribution in [3.63, 3.8) is 0 Å². The van der Waals surface area contributed by atoms with Crippen molar-refractivity contribution in [3.8, 4) is 0 Å². The maximum atomic E-state index is 12.5. The monoisotopic (exact) mass is 357 g/mol. The third-order valence-corrected chi connectivity index (χ3v) is 4.26. The van der Waals surface area contributed by atoms with Gasteiger partial charge >= 0.3 is 5.69 Å². The molecule has 2 aromatic heterocycles. The molecule has 0 spiro atoms. The molecular formula is C16H28ClN5O2. The summed E-state index contributed by atoms with van der Waals surface area (Å²) >= 11 is 0. The van der Waals surface area contributed by atoms with Crippen molar-refractivity contribution in [1.29, 1.82) is 0 Å². The third-order valence-electron chi connectivity index (χ3n) is 4.26. The summed E-state index contributed by atoms with van der Waals surface area (Å²) in [5, 5.41) is 0. The fourth-order valence-electron chi connectivity index (χ4n) is 3.04. The van der Waals surface area contributed by atoms with Crippen molar-refractivity contribution < 1.29 is 0 Å². The second-order valence-corrected chi connectivity index (χ2v) is 6.03. The maximum Gasteiger partial charge on any atom is 0.332 e. The highest BCUT2D eigenvalue weighted by molar-refractivity contribution is 5.85. The van der Waals surface area contributed by atoms with E-state index in [0.29, 0.717) is 17.7 Å². The lowest BCUT2D eigenvalue weighted by atomic mass is 10.3. The van der Waals surface area contributed by atoms with Gasteiger partial charge in [0.15, 0.2) is 11.2 Å². The molecule has 2 rings (SSSR count). The quantitative estimate of drug-likeness (QED) is 0.749. The molecule has 7 nitrogen and oxygen atoms in total. The van der Waals surface area contributed by atoms with Gasteiger partial charge in [0.1, 0.15) is 5.82 Å². The standard InChI is InChI=1S/C16H27N5O2.ClH/c1-6-8-20(9-7-2)10-11-21-12(3)17-14-13(21)15(22)19(5)16(23)18(14)4;/h6-11H2,1-5H3;1H. The molecule has 136 valence electrons. The Kier molecular flexibility index (Phi) is 7.23. The van der Waals surface area contributed by atoms with E-state index < -0.39 is 0 Å². The lowest BCUT2D eigenvalue weighted by molar-refractivity contribution is 0.264. The minimum atomic E-state index is -0.342. The summed E-state index contributed by atoms with van der Waals surface area (Å²) in [5.74, 6) is 0.770. The summed E-state index contributed by atoms with van der Waals surface area (Å²) in [6, 6.07) is 0. The Balaban J connectivity index is 0.00000288. The number of hydrogen-bond donors (Lipinski definition) is 0. The van der Waals surface area contributed by atoms with Gasteiger partial charge in [0.25, 0.3) is 5.56 Å². The Bertz CT molecular complexity index is 799. The second-order valence-electron chi connectivity index (χ2n) is 6.03. The molecule has 0 saturated heterocycles. The van der Waals surface area contributed by atoms with E-state index in [4.69, 9.17) is 0 Å². The van der Waals surface area contributed by atoms with Crippen LogP contribution in [0.2, 0.25) is 0 Å². The summed E-state index contributed by atoms with van der Waals surface area (Å²) in [6.07, 6.45) is 2.22. The minimum absolute atomic E-state index is 0. The van der Waals surface area contributed by atoms with Crippen LogP contribution in [0, 0.1) is 6.92 Å². The fourth-order valence-corrected chi connectivity index (χ4v) is 3.04. The van der Waals surface area contributed by atoms with Crippen LogP contribution in [0.5, 0.6) is 0 Å². The van der Waals surface area contributed by atoms with E-state index >= 15 is 0 Å². The lowest BCUT2D eigenvalue weighted by Crippen LogP contribution is -2.38. The first-order valence-corrected chi connectivity index (χ1v) is 8.27. The summed E-state index contributed by atoms with van der Waals surface area (Å²) < 4.78 is 4.53. The number of aromatic nitrogens is 4. The van der Waals surface area contributed by atoms with Gasteiger partial charge < -0.3 is 9.47 Å². The molecule has 0 bridgehead atoms. The van der Waals surface area contributed by atoms with Crippen LogP contribution in [0.1, 0.15) is 32.5 Å². The second kappa shape index (κ2) is 8.48. The van der Waals surface area contributed by atoms with Gasteiger partial charge in [0.05, 0.1) is 0 Å². The number of nitrogens with zero attached hydrogens (tertiary/aromatic N) is 5. The molecular weight excluding hydrogens is 330 g/mol. The number of aryl methyl sites for hydroxylation is 2. The first-order valence-electron chi connectivity index (χ1n) is 8.27. The average Bonchev–Trinajstić information content (AvgIpc) is 2.86. The molecule has 0 aliphatic rings. The molecule has 0 aliphatic heterocycles. The molecule has 0 radical (unpaired) electrons. The summed E-state index contributed by atoms with van der Waals surface area (Å²) in [5.41, 5.74) is 0.361. The molecule has 0 saturated carbocycles. The van der Waals surface area contributed by atoms with Gasteiger partial charge in [0.2, 0.25) is 0 Å². The van der Waals surface area contributed by atoms with Gasteiger partial charge in [-0.3, -0.25) is 13.9 Å². The van der Waals surface area contributed by atoms with E-state index in [-0.39, 0.29) is 23.7 Å². The summed E-state index contributed by atoms with van der Waals surface area (Å²) in [4.78, 5) is 31.4. The number of imidazole rings is 1. The SMILES string of the molecule is CCCN(CCC)CCn1c(C)nc2c1c(=O)n(C)c(=O)n2C.Cl. The van der Waals surface area contributed by atoms with Crippen molar-refractivity contribution in [3.05, 3.63) is 26.7 Å². The molecule has 0 N–H and O–H groups in total. The molecule has 24 heavy (non-hydrogen) atoms. The normalized spacial score (nSPS) is 11.2. The van der Waals surface area contributed by atoms with Gasteiger partial charge in [-0.15, -0.1) is 12.4 Å². The zero-order chi connectivity index (χ0) is 17.1. The van der Waals surface area contributed by atoms with E-state index in [9.17, 15) is 9.59 Å². The number of fused-ring (bicyclic) bond motifs is 1. The lowest BCUT2D eigenvalue weighted by Gasteiger charge is -2.21. The predicted molar refractivity (Wildman–Crippen MR) is 99.2 cm³/mol. The van der Waals surface area contributed by atoms with Crippen LogP contribution in [0.15, 0.2) is 9.59 Å². The topological polar surface area (TPSA) is 65.1 Å². The molecule has 0 fully saturated rings. The van der Waals surface area contributed by atoms with Crippen molar-refractivity contribution in [2.45, 2.75) is 40.2 Å². The Morgan fingerprint density at radius 3 is 2.12 bits per heavy atom. The molecule has 0 amide bonds. The summed E-state index contributed by atoms with van der Waals surface area (Å²) in [6.45, 7) is 9.91. The van der Waals surface area contributed by atoms with Gasteiger partial charge in [-0.25, -0.2) is 9.78 Å². The van der Waals surface area contributed by atoms with E-state index in [0.717, 1.165) is 42.9 Å². The molecule has 2 aromatic rings. The van der Waals surface area contributed by atoms with Crippen LogP contribution < -0.4 is 11.2 Å². The summed E-state index contributed by atoms with van der Waals surface area (Å²) in [7, 11) is 3.17. The van der Waals surface area contributed by atoms with Crippen molar-refractivity contribution >= 4 is 23.6 Å². The number of hydrogen-bond acceptors (Lipinski definition) is 4. The molecule has 0 atom stereocenters. The maximum absolute atomic E-state index is 12.5. The van der Waals surface area contributed by atoms with Crippen LogP contribution in [-0.4, -0.2) is 43.2 Å². The highest BCUT2D eigenvalue weighted by Gasteiger charge is 2.17. The Hall–Kier alpha value is -1.60. The zero-order valence-electron chi connectivity index (χ0n) is 15.2. The molecule has 2 heterocycles. The Morgan fingerprint density at radius 2 is 1.58 bits per heavy atom. The highest BCUT2D eigenvalue weighted by Crippen LogP contribution is 2.10. The van der Waals surface area contributed by atoms with Crippen LogP contribution in [0.4, 0.5) is 0 Å². The average molecular weight is 358 g/mol. The van der Waals surface area contributed by atoms with E-state index in [1.54, 1.807) is 7.05 Å². The van der Waals surface area contributed by atoms with Crippen LogP contribution in [0.25, 0.3) is 11.2 Å². The van der Waals surface area contributed by atoms with Gasteiger partial charge in [0, 0.05) is 27.2 Å². The van der Waals surface area contributed by atoms with E-state index in [1.807, 2.05) is 11.5 Å².